The summed E-state index contributed by atoms with van der Waals surface area (Å²) in [5.74, 6) is 2.07. The molecule has 0 fully saturated rings. The zero-order valence-corrected chi connectivity index (χ0v) is 6.68. The number of ketones is 1. The van der Waals surface area contributed by atoms with Crippen LogP contribution in [0, 0.1) is 12.3 Å². The zero-order valence-electron chi connectivity index (χ0n) is 6.68. The van der Waals surface area contributed by atoms with Crippen molar-refractivity contribution in [2.24, 2.45) is 0 Å². The van der Waals surface area contributed by atoms with E-state index >= 15 is 0 Å². The molecular formula is C8H11NO2. The highest BCUT2D eigenvalue weighted by Crippen LogP contribution is 1.90. The average Bonchev–Trinajstić information content (AvgIpc) is 1.84. The smallest absolute Gasteiger partial charge is 0.217 e. The summed E-state index contributed by atoms with van der Waals surface area (Å²) in [5, 5.41) is 2.46. The van der Waals surface area contributed by atoms with Gasteiger partial charge in [-0.3, -0.25) is 9.59 Å². The predicted molar refractivity (Wildman–Crippen MR) is 41.7 cm³/mol. The number of carbonyl (C=O) groups excluding carboxylic acids is 2. The molecular weight excluding hydrogens is 142 g/mol. The van der Waals surface area contributed by atoms with E-state index in [9.17, 15) is 9.59 Å². The van der Waals surface area contributed by atoms with Crippen LogP contribution < -0.4 is 5.32 Å². The quantitative estimate of drug-likeness (QED) is 0.585. The predicted octanol–water partition coefficient (Wildman–Crippen LogP) is 0.103. The SMILES string of the molecule is C#C[C@H](CC(C)=O)NC(C)=O. The van der Waals surface area contributed by atoms with Crippen LogP contribution in [0.15, 0.2) is 0 Å². The van der Waals surface area contributed by atoms with Gasteiger partial charge in [-0.1, -0.05) is 5.92 Å². The van der Waals surface area contributed by atoms with Crippen LogP contribution in [0.5, 0.6) is 0 Å². The fraction of sp³-hybridized carbons (Fsp3) is 0.500. The van der Waals surface area contributed by atoms with Gasteiger partial charge in [-0.25, -0.2) is 0 Å². The monoisotopic (exact) mass is 153 g/mol. The van der Waals surface area contributed by atoms with Crippen molar-refractivity contribution in [3.63, 3.8) is 0 Å². The fourth-order valence-electron chi connectivity index (χ4n) is 0.684. The van der Waals surface area contributed by atoms with Crippen molar-refractivity contribution in [3.05, 3.63) is 0 Å². The number of amides is 1. The van der Waals surface area contributed by atoms with Gasteiger partial charge in [0.05, 0.1) is 6.04 Å². The largest absolute Gasteiger partial charge is 0.342 e. The third kappa shape index (κ3) is 5.16. The summed E-state index contributed by atoms with van der Waals surface area (Å²) < 4.78 is 0. The van der Waals surface area contributed by atoms with Gasteiger partial charge < -0.3 is 5.32 Å². The van der Waals surface area contributed by atoms with Crippen LogP contribution >= 0.6 is 0 Å². The summed E-state index contributed by atoms with van der Waals surface area (Å²) in [6, 6.07) is -0.454. The molecule has 1 amide bonds. The van der Waals surface area contributed by atoms with E-state index in [4.69, 9.17) is 6.42 Å². The number of carbonyl (C=O) groups is 2. The summed E-state index contributed by atoms with van der Waals surface area (Å²) in [6.45, 7) is 2.80. The van der Waals surface area contributed by atoms with Crippen LogP contribution in [-0.4, -0.2) is 17.7 Å². The molecule has 1 N–H and O–H groups in total. The molecule has 0 aromatic heterocycles. The molecule has 0 aromatic rings. The molecule has 0 aliphatic heterocycles. The maximum Gasteiger partial charge on any atom is 0.217 e. The number of hydrogen-bond acceptors (Lipinski definition) is 2. The van der Waals surface area contributed by atoms with Gasteiger partial charge in [0.2, 0.25) is 5.91 Å². The van der Waals surface area contributed by atoms with E-state index in [0.717, 1.165) is 0 Å². The highest BCUT2D eigenvalue weighted by Gasteiger charge is 2.07. The lowest BCUT2D eigenvalue weighted by Crippen LogP contribution is -2.33. The van der Waals surface area contributed by atoms with E-state index < -0.39 is 6.04 Å². The molecule has 0 rings (SSSR count). The first-order valence-electron chi connectivity index (χ1n) is 3.29. The third-order valence-electron chi connectivity index (χ3n) is 1.07. The first-order chi connectivity index (χ1) is 5.06. The Morgan fingerprint density at radius 3 is 2.36 bits per heavy atom. The maximum atomic E-state index is 10.5. The van der Waals surface area contributed by atoms with E-state index in [1.165, 1.54) is 13.8 Å². The molecule has 60 valence electrons. The summed E-state index contributed by atoms with van der Waals surface area (Å²) >= 11 is 0. The van der Waals surface area contributed by atoms with Crippen molar-refractivity contribution >= 4 is 11.7 Å². The van der Waals surface area contributed by atoms with Crippen LogP contribution in [0.4, 0.5) is 0 Å². The summed E-state index contributed by atoms with van der Waals surface area (Å²) in [6.07, 6.45) is 5.26. The minimum atomic E-state index is -0.454. The lowest BCUT2D eigenvalue weighted by Gasteiger charge is -2.08. The number of rotatable bonds is 3. The van der Waals surface area contributed by atoms with Crippen molar-refractivity contribution < 1.29 is 9.59 Å². The average molecular weight is 153 g/mol. The van der Waals surface area contributed by atoms with Gasteiger partial charge in [-0.05, 0) is 6.92 Å². The van der Waals surface area contributed by atoms with Crippen molar-refractivity contribution in [2.75, 3.05) is 0 Å². The van der Waals surface area contributed by atoms with Crippen LogP contribution in [0.1, 0.15) is 20.3 Å². The Labute approximate surface area is 66.2 Å². The van der Waals surface area contributed by atoms with Gasteiger partial charge >= 0.3 is 0 Å². The maximum absolute atomic E-state index is 10.5. The molecule has 0 aliphatic carbocycles. The Hall–Kier alpha value is -1.30. The van der Waals surface area contributed by atoms with Crippen LogP contribution in [0.3, 0.4) is 0 Å². The second kappa shape index (κ2) is 4.51. The summed E-state index contributed by atoms with van der Waals surface area (Å²) in [4.78, 5) is 21.0. The highest BCUT2D eigenvalue weighted by atomic mass is 16.1. The molecule has 3 heteroatoms. The van der Waals surface area contributed by atoms with Gasteiger partial charge in [-0.15, -0.1) is 6.42 Å². The molecule has 1 atom stereocenters. The summed E-state index contributed by atoms with van der Waals surface area (Å²) in [7, 11) is 0. The minimum absolute atomic E-state index is 0.0262. The molecule has 0 aromatic carbocycles. The van der Waals surface area contributed by atoms with E-state index in [2.05, 4.69) is 11.2 Å². The first kappa shape index (κ1) is 9.70. The van der Waals surface area contributed by atoms with Gasteiger partial charge in [0.25, 0.3) is 0 Å². The topological polar surface area (TPSA) is 46.2 Å². The molecule has 0 unspecified atom stereocenters. The second-order valence-corrected chi connectivity index (χ2v) is 2.33. The zero-order chi connectivity index (χ0) is 8.85. The number of Topliss-reactive ketones (excluding diaryl/α,β-unsaturated/α-hetero) is 1. The molecule has 0 spiro atoms. The molecule has 0 heterocycles. The summed E-state index contributed by atoms with van der Waals surface area (Å²) in [5.41, 5.74) is 0. The minimum Gasteiger partial charge on any atom is -0.342 e. The lowest BCUT2D eigenvalue weighted by atomic mass is 10.1. The molecule has 3 nitrogen and oxygen atoms in total. The van der Waals surface area contributed by atoms with Crippen molar-refractivity contribution in [2.45, 2.75) is 26.3 Å². The number of nitrogens with one attached hydrogen (secondary N) is 1. The van der Waals surface area contributed by atoms with Crippen LogP contribution in [-0.2, 0) is 9.59 Å². The molecule has 0 saturated heterocycles. The van der Waals surface area contributed by atoms with Crippen molar-refractivity contribution in [1.29, 1.82) is 0 Å². The van der Waals surface area contributed by atoms with Crippen LogP contribution in [0.2, 0.25) is 0 Å². The van der Waals surface area contributed by atoms with Crippen molar-refractivity contribution in [1.82, 2.24) is 5.32 Å². The van der Waals surface area contributed by atoms with E-state index in [1.807, 2.05) is 0 Å². The van der Waals surface area contributed by atoms with Crippen molar-refractivity contribution in [3.8, 4) is 12.3 Å². The molecule has 0 bridgehead atoms. The molecule has 11 heavy (non-hydrogen) atoms. The van der Waals surface area contributed by atoms with Gasteiger partial charge in [0.1, 0.15) is 5.78 Å². The number of terminal acetylenes is 1. The molecule has 0 radical (unpaired) electrons. The third-order valence-corrected chi connectivity index (χ3v) is 1.07. The highest BCUT2D eigenvalue weighted by molar-refractivity contribution is 5.79. The fourth-order valence-corrected chi connectivity index (χ4v) is 0.684. The molecule has 0 saturated carbocycles. The normalized spacial score (nSPS) is 11.4. The Morgan fingerprint density at radius 2 is 2.09 bits per heavy atom. The van der Waals surface area contributed by atoms with E-state index in [1.54, 1.807) is 0 Å². The van der Waals surface area contributed by atoms with Gasteiger partial charge in [-0.2, -0.15) is 0 Å². The Kier molecular flexibility index (Phi) is 3.97. The van der Waals surface area contributed by atoms with E-state index in [0.29, 0.717) is 0 Å². The second-order valence-electron chi connectivity index (χ2n) is 2.33. The molecule has 0 aliphatic rings. The van der Waals surface area contributed by atoms with Gasteiger partial charge in [0, 0.05) is 13.3 Å². The first-order valence-corrected chi connectivity index (χ1v) is 3.29. The lowest BCUT2D eigenvalue weighted by molar-refractivity contribution is -0.120. The Bertz CT molecular complexity index is 187. The van der Waals surface area contributed by atoms with Crippen LogP contribution in [0.25, 0.3) is 0 Å². The standard InChI is InChI=1S/C8H11NO2/c1-4-8(5-6(2)10)9-7(3)11/h1,8H,5H2,2-3H3,(H,9,11)/t8-/m1/s1. The van der Waals surface area contributed by atoms with E-state index in [-0.39, 0.29) is 18.1 Å². The van der Waals surface area contributed by atoms with Gasteiger partial charge in [0.15, 0.2) is 0 Å². The number of hydrogen-bond donors (Lipinski definition) is 1. The Morgan fingerprint density at radius 1 is 1.55 bits per heavy atom. The Balaban J connectivity index is 3.89.